The first-order valence-corrected chi connectivity index (χ1v) is 7.93. The van der Waals surface area contributed by atoms with Gasteiger partial charge in [0.2, 0.25) is 5.13 Å². The molecule has 5 nitrogen and oxygen atoms in total. The van der Waals surface area contributed by atoms with Crippen LogP contribution in [-0.4, -0.2) is 37.8 Å². The summed E-state index contributed by atoms with van der Waals surface area (Å²) in [6.45, 7) is 2.04. The Morgan fingerprint density at radius 3 is 2.76 bits per heavy atom. The molecule has 1 saturated carbocycles. The SMILES string of the molecule is Cc1ccccc1-c1nsc(NC2CC[C@@H](O)[C@@H](O)C2)n1. The van der Waals surface area contributed by atoms with Crippen LogP contribution in [0.3, 0.4) is 0 Å². The summed E-state index contributed by atoms with van der Waals surface area (Å²) >= 11 is 1.33. The normalized spacial score (nSPS) is 25.8. The van der Waals surface area contributed by atoms with Crippen molar-refractivity contribution in [2.24, 2.45) is 0 Å². The van der Waals surface area contributed by atoms with Crippen molar-refractivity contribution in [2.45, 2.75) is 44.4 Å². The van der Waals surface area contributed by atoms with Crippen LogP contribution >= 0.6 is 11.5 Å². The third-order valence-electron chi connectivity index (χ3n) is 3.92. The van der Waals surface area contributed by atoms with Crippen LogP contribution in [-0.2, 0) is 0 Å². The number of aliphatic hydroxyl groups is 2. The number of hydrogen-bond donors (Lipinski definition) is 3. The van der Waals surface area contributed by atoms with E-state index in [1.165, 1.54) is 11.5 Å². The molecule has 21 heavy (non-hydrogen) atoms. The summed E-state index contributed by atoms with van der Waals surface area (Å²) in [6.07, 6.45) is 0.736. The van der Waals surface area contributed by atoms with Crippen molar-refractivity contribution >= 4 is 16.7 Å². The predicted octanol–water partition coefficient (Wildman–Crippen LogP) is 2.20. The number of nitrogens with one attached hydrogen (secondary N) is 1. The Labute approximate surface area is 127 Å². The molecule has 1 unspecified atom stereocenters. The lowest BCUT2D eigenvalue weighted by molar-refractivity contribution is -0.0119. The summed E-state index contributed by atoms with van der Waals surface area (Å²) < 4.78 is 4.40. The van der Waals surface area contributed by atoms with Crippen molar-refractivity contribution in [3.63, 3.8) is 0 Å². The van der Waals surface area contributed by atoms with Gasteiger partial charge in [0, 0.05) is 23.1 Å². The van der Waals surface area contributed by atoms with E-state index in [1.54, 1.807) is 0 Å². The summed E-state index contributed by atoms with van der Waals surface area (Å²) in [6, 6.07) is 8.18. The third-order valence-corrected chi connectivity index (χ3v) is 4.57. The predicted molar refractivity (Wildman–Crippen MR) is 83.4 cm³/mol. The second-order valence-corrected chi connectivity index (χ2v) is 6.28. The zero-order chi connectivity index (χ0) is 14.8. The maximum absolute atomic E-state index is 9.72. The highest BCUT2D eigenvalue weighted by molar-refractivity contribution is 7.09. The monoisotopic (exact) mass is 305 g/mol. The zero-order valence-corrected chi connectivity index (χ0v) is 12.7. The number of benzene rings is 1. The van der Waals surface area contributed by atoms with Gasteiger partial charge in [-0.3, -0.25) is 0 Å². The van der Waals surface area contributed by atoms with Crippen LogP contribution in [0.5, 0.6) is 0 Å². The summed E-state index contributed by atoms with van der Waals surface area (Å²) in [5.74, 6) is 0.733. The fourth-order valence-corrected chi connectivity index (χ4v) is 3.31. The molecule has 2 aromatic rings. The van der Waals surface area contributed by atoms with Gasteiger partial charge >= 0.3 is 0 Å². The average Bonchev–Trinajstić information content (AvgIpc) is 2.92. The molecule has 1 fully saturated rings. The molecule has 0 amide bonds. The van der Waals surface area contributed by atoms with Crippen LogP contribution in [0, 0.1) is 6.92 Å². The van der Waals surface area contributed by atoms with Crippen LogP contribution in [0.2, 0.25) is 0 Å². The molecule has 0 bridgehead atoms. The number of hydrogen-bond acceptors (Lipinski definition) is 6. The summed E-state index contributed by atoms with van der Waals surface area (Å²) in [5.41, 5.74) is 2.19. The molecule has 0 spiro atoms. The van der Waals surface area contributed by atoms with Gasteiger partial charge in [-0.2, -0.15) is 9.36 Å². The number of aryl methyl sites for hydroxylation is 1. The Morgan fingerprint density at radius 1 is 1.19 bits per heavy atom. The molecule has 3 N–H and O–H groups in total. The average molecular weight is 305 g/mol. The van der Waals surface area contributed by atoms with E-state index in [1.807, 2.05) is 31.2 Å². The van der Waals surface area contributed by atoms with Gasteiger partial charge in [0.05, 0.1) is 12.2 Å². The van der Waals surface area contributed by atoms with Crippen LogP contribution in [0.25, 0.3) is 11.4 Å². The maximum Gasteiger partial charge on any atom is 0.203 e. The molecule has 3 rings (SSSR count). The molecule has 0 saturated heterocycles. The first-order chi connectivity index (χ1) is 10.1. The van der Waals surface area contributed by atoms with Crippen molar-refractivity contribution in [1.82, 2.24) is 9.36 Å². The van der Waals surface area contributed by atoms with E-state index in [0.29, 0.717) is 12.8 Å². The molecular weight excluding hydrogens is 286 g/mol. The van der Waals surface area contributed by atoms with E-state index in [-0.39, 0.29) is 6.04 Å². The molecule has 1 aromatic carbocycles. The summed E-state index contributed by atoms with van der Waals surface area (Å²) in [7, 11) is 0. The van der Waals surface area contributed by atoms with Gasteiger partial charge in [0.1, 0.15) is 0 Å². The smallest absolute Gasteiger partial charge is 0.203 e. The fraction of sp³-hybridized carbons (Fsp3) is 0.467. The third kappa shape index (κ3) is 3.23. The molecule has 112 valence electrons. The Morgan fingerprint density at radius 2 is 2.00 bits per heavy atom. The minimum Gasteiger partial charge on any atom is -0.390 e. The Bertz CT molecular complexity index is 616. The molecule has 1 heterocycles. The second kappa shape index (κ2) is 6.09. The highest BCUT2D eigenvalue weighted by Crippen LogP contribution is 2.27. The standard InChI is InChI=1S/C15H19N3O2S/c1-9-4-2-3-5-11(9)14-17-15(21-18-14)16-10-6-7-12(19)13(20)8-10/h2-5,10,12-13,19-20H,6-8H2,1H3,(H,16,17,18)/t10?,12-,13+/m1/s1. The van der Waals surface area contributed by atoms with E-state index in [4.69, 9.17) is 0 Å². The largest absolute Gasteiger partial charge is 0.390 e. The molecule has 0 radical (unpaired) electrons. The van der Waals surface area contributed by atoms with Crippen LogP contribution in [0.4, 0.5) is 5.13 Å². The lowest BCUT2D eigenvalue weighted by Gasteiger charge is -2.30. The molecular formula is C15H19N3O2S. The molecule has 1 aliphatic rings. The van der Waals surface area contributed by atoms with E-state index >= 15 is 0 Å². The summed E-state index contributed by atoms with van der Waals surface area (Å²) in [4.78, 5) is 4.53. The molecule has 1 aliphatic carbocycles. The van der Waals surface area contributed by atoms with E-state index in [2.05, 4.69) is 14.7 Å². The highest BCUT2D eigenvalue weighted by atomic mass is 32.1. The van der Waals surface area contributed by atoms with Crippen molar-refractivity contribution in [2.75, 3.05) is 5.32 Å². The number of anilines is 1. The van der Waals surface area contributed by atoms with Crippen LogP contribution in [0.1, 0.15) is 24.8 Å². The minimum atomic E-state index is -0.653. The number of aliphatic hydroxyl groups excluding tert-OH is 2. The number of aromatic nitrogens is 2. The Kier molecular flexibility index (Phi) is 4.19. The van der Waals surface area contributed by atoms with Gasteiger partial charge in [-0.05, 0) is 31.7 Å². The van der Waals surface area contributed by atoms with Crippen molar-refractivity contribution in [1.29, 1.82) is 0 Å². The quantitative estimate of drug-likeness (QED) is 0.810. The summed E-state index contributed by atoms with van der Waals surface area (Å²) in [5, 5.41) is 23.3. The first kappa shape index (κ1) is 14.4. The topological polar surface area (TPSA) is 78.3 Å². The van der Waals surface area contributed by atoms with Crippen LogP contribution < -0.4 is 5.32 Å². The van der Waals surface area contributed by atoms with Gasteiger partial charge in [0.15, 0.2) is 5.82 Å². The molecule has 0 aliphatic heterocycles. The zero-order valence-electron chi connectivity index (χ0n) is 11.9. The van der Waals surface area contributed by atoms with Crippen molar-refractivity contribution < 1.29 is 10.2 Å². The van der Waals surface area contributed by atoms with Crippen molar-refractivity contribution in [3.8, 4) is 11.4 Å². The van der Waals surface area contributed by atoms with Crippen LogP contribution in [0.15, 0.2) is 24.3 Å². The fourth-order valence-electron chi connectivity index (χ4n) is 2.65. The molecule has 6 heteroatoms. The lowest BCUT2D eigenvalue weighted by Crippen LogP contribution is -2.39. The molecule has 3 atom stereocenters. The van der Waals surface area contributed by atoms with Gasteiger partial charge in [-0.15, -0.1) is 0 Å². The van der Waals surface area contributed by atoms with Gasteiger partial charge in [-0.25, -0.2) is 0 Å². The number of nitrogens with zero attached hydrogens (tertiary/aromatic N) is 2. The lowest BCUT2D eigenvalue weighted by atomic mass is 9.91. The molecule has 1 aromatic heterocycles. The minimum absolute atomic E-state index is 0.140. The van der Waals surface area contributed by atoms with E-state index in [0.717, 1.165) is 28.5 Å². The highest BCUT2D eigenvalue weighted by Gasteiger charge is 2.28. The Balaban J connectivity index is 1.70. The van der Waals surface area contributed by atoms with Gasteiger partial charge in [-0.1, -0.05) is 24.3 Å². The van der Waals surface area contributed by atoms with Gasteiger partial charge in [0.25, 0.3) is 0 Å². The second-order valence-electron chi connectivity index (χ2n) is 5.53. The Hall–Kier alpha value is -1.50. The maximum atomic E-state index is 9.72. The first-order valence-electron chi connectivity index (χ1n) is 7.16. The van der Waals surface area contributed by atoms with E-state index in [9.17, 15) is 10.2 Å². The number of rotatable bonds is 3. The van der Waals surface area contributed by atoms with E-state index < -0.39 is 12.2 Å². The van der Waals surface area contributed by atoms with Gasteiger partial charge < -0.3 is 15.5 Å². The van der Waals surface area contributed by atoms with Crippen molar-refractivity contribution in [3.05, 3.63) is 29.8 Å².